The van der Waals surface area contributed by atoms with Crippen molar-refractivity contribution < 1.29 is 9.59 Å². The summed E-state index contributed by atoms with van der Waals surface area (Å²) < 4.78 is 0. The maximum atomic E-state index is 12.0. The molecule has 3 rings (SSSR count). The van der Waals surface area contributed by atoms with E-state index in [0.717, 1.165) is 23.6 Å². The van der Waals surface area contributed by atoms with Gasteiger partial charge in [-0.2, -0.15) is 0 Å². The minimum absolute atomic E-state index is 0.0541. The summed E-state index contributed by atoms with van der Waals surface area (Å²) in [6, 6.07) is 9.37. The number of nitrogens with one attached hydrogen (secondary N) is 2. The van der Waals surface area contributed by atoms with Gasteiger partial charge in [-0.15, -0.1) is 0 Å². The van der Waals surface area contributed by atoms with Gasteiger partial charge in [0.1, 0.15) is 10.8 Å². The van der Waals surface area contributed by atoms with E-state index < -0.39 is 5.91 Å². The minimum atomic E-state index is -0.409. The van der Waals surface area contributed by atoms with Gasteiger partial charge in [-0.25, -0.2) is 4.98 Å². The zero-order chi connectivity index (χ0) is 14.8. The maximum absolute atomic E-state index is 12.0. The molecule has 0 spiro atoms. The maximum Gasteiger partial charge on any atom is 0.270 e. The molecule has 1 aromatic carbocycles. The first-order valence-electron chi connectivity index (χ1n) is 6.76. The van der Waals surface area contributed by atoms with Gasteiger partial charge in [0.2, 0.25) is 5.91 Å². The second-order valence-electron chi connectivity index (χ2n) is 5.04. The Balaban J connectivity index is 1.70. The van der Waals surface area contributed by atoms with Crippen molar-refractivity contribution >= 4 is 34.2 Å². The standard InChI is InChI=1S/C15H14ClN3O2/c16-14-11-4-2-1-3-9(11)7-12(19-14)15(21)17-8-13(20)18-10-5-6-10/h1-4,7,10H,5-6,8H2,(H,17,21)(H,18,20). The molecule has 1 fully saturated rings. The van der Waals surface area contributed by atoms with Crippen LogP contribution in [-0.4, -0.2) is 29.4 Å². The Hall–Kier alpha value is -2.14. The van der Waals surface area contributed by atoms with Crippen LogP contribution >= 0.6 is 11.6 Å². The fourth-order valence-corrected chi connectivity index (χ4v) is 2.29. The second kappa shape index (κ2) is 5.69. The van der Waals surface area contributed by atoms with Crippen LogP contribution < -0.4 is 10.6 Å². The van der Waals surface area contributed by atoms with Gasteiger partial charge in [-0.1, -0.05) is 35.9 Å². The molecule has 0 saturated heterocycles. The van der Waals surface area contributed by atoms with Crippen LogP contribution in [0.2, 0.25) is 5.15 Å². The highest BCUT2D eigenvalue weighted by molar-refractivity contribution is 6.34. The number of carbonyl (C=O) groups is 2. The summed E-state index contributed by atoms with van der Waals surface area (Å²) in [6.45, 7) is -0.0541. The summed E-state index contributed by atoms with van der Waals surface area (Å²) in [6.07, 6.45) is 2.03. The van der Waals surface area contributed by atoms with Crippen molar-refractivity contribution in [1.82, 2.24) is 15.6 Å². The Bertz CT molecular complexity index is 713. The van der Waals surface area contributed by atoms with Gasteiger partial charge in [-0.3, -0.25) is 9.59 Å². The Morgan fingerprint density at radius 2 is 2.05 bits per heavy atom. The van der Waals surface area contributed by atoms with E-state index in [-0.39, 0.29) is 29.3 Å². The lowest BCUT2D eigenvalue weighted by atomic mass is 10.1. The lowest BCUT2D eigenvalue weighted by molar-refractivity contribution is -0.120. The van der Waals surface area contributed by atoms with Gasteiger partial charge in [0.25, 0.3) is 5.91 Å². The number of halogens is 1. The van der Waals surface area contributed by atoms with Crippen LogP contribution in [0.3, 0.4) is 0 Å². The number of aromatic nitrogens is 1. The Kier molecular flexibility index (Phi) is 3.75. The van der Waals surface area contributed by atoms with E-state index in [1.54, 1.807) is 6.07 Å². The molecular weight excluding hydrogens is 290 g/mol. The normalized spacial score (nSPS) is 14.0. The summed E-state index contributed by atoms with van der Waals surface area (Å²) in [4.78, 5) is 27.6. The lowest BCUT2D eigenvalue weighted by Gasteiger charge is -2.07. The van der Waals surface area contributed by atoms with Crippen LogP contribution in [0.25, 0.3) is 10.8 Å². The third-order valence-electron chi connectivity index (χ3n) is 3.28. The number of hydrogen-bond acceptors (Lipinski definition) is 3. The molecular formula is C15H14ClN3O2. The van der Waals surface area contributed by atoms with Gasteiger partial charge in [0.05, 0.1) is 6.54 Å². The van der Waals surface area contributed by atoms with Gasteiger partial charge in [-0.05, 0) is 24.3 Å². The molecule has 2 aromatic rings. The van der Waals surface area contributed by atoms with Crippen molar-refractivity contribution in [2.24, 2.45) is 0 Å². The number of amides is 2. The van der Waals surface area contributed by atoms with Crippen LogP contribution in [0.1, 0.15) is 23.3 Å². The molecule has 2 amide bonds. The van der Waals surface area contributed by atoms with Crippen molar-refractivity contribution in [3.05, 3.63) is 41.2 Å². The quantitative estimate of drug-likeness (QED) is 0.847. The predicted octanol–water partition coefficient (Wildman–Crippen LogP) is 1.90. The molecule has 0 unspecified atom stereocenters. The van der Waals surface area contributed by atoms with Gasteiger partial charge in [0.15, 0.2) is 0 Å². The fraction of sp³-hybridized carbons (Fsp3) is 0.267. The number of fused-ring (bicyclic) bond motifs is 1. The van der Waals surface area contributed by atoms with Crippen LogP contribution in [0.4, 0.5) is 0 Å². The molecule has 1 aliphatic carbocycles. The number of nitrogens with zero attached hydrogens (tertiary/aromatic N) is 1. The molecule has 6 heteroatoms. The van der Waals surface area contributed by atoms with Crippen molar-refractivity contribution in [2.75, 3.05) is 6.54 Å². The van der Waals surface area contributed by atoms with Crippen LogP contribution in [0, 0.1) is 0 Å². The van der Waals surface area contributed by atoms with E-state index in [1.165, 1.54) is 0 Å². The van der Waals surface area contributed by atoms with Gasteiger partial charge >= 0.3 is 0 Å². The molecule has 0 atom stereocenters. The largest absolute Gasteiger partial charge is 0.352 e. The van der Waals surface area contributed by atoms with E-state index in [2.05, 4.69) is 15.6 Å². The van der Waals surface area contributed by atoms with Crippen molar-refractivity contribution in [3.63, 3.8) is 0 Å². The first-order valence-corrected chi connectivity index (χ1v) is 7.14. The molecule has 21 heavy (non-hydrogen) atoms. The number of carbonyl (C=O) groups excluding carboxylic acids is 2. The molecule has 2 N–H and O–H groups in total. The van der Waals surface area contributed by atoms with E-state index in [4.69, 9.17) is 11.6 Å². The molecule has 0 bridgehead atoms. The monoisotopic (exact) mass is 303 g/mol. The SMILES string of the molecule is O=C(CNC(=O)c1cc2ccccc2c(Cl)n1)NC1CC1. The summed E-state index contributed by atoms with van der Waals surface area (Å²) in [7, 11) is 0. The molecule has 0 radical (unpaired) electrons. The molecule has 108 valence electrons. The average molecular weight is 304 g/mol. The van der Waals surface area contributed by atoms with Crippen molar-refractivity contribution in [2.45, 2.75) is 18.9 Å². The number of hydrogen-bond donors (Lipinski definition) is 2. The zero-order valence-electron chi connectivity index (χ0n) is 11.2. The van der Waals surface area contributed by atoms with Gasteiger partial charge < -0.3 is 10.6 Å². The van der Waals surface area contributed by atoms with Gasteiger partial charge in [0, 0.05) is 11.4 Å². The summed E-state index contributed by atoms with van der Waals surface area (Å²) in [5.74, 6) is -0.591. The molecule has 0 aliphatic heterocycles. The smallest absolute Gasteiger partial charge is 0.270 e. The van der Waals surface area contributed by atoms with E-state index >= 15 is 0 Å². The molecule has 5 nitrogen and oxygen atoms in total. The number of benzene rings is 1. The number of rotatable bonds is 4. The highest BCUT2D eigenvalue weighted by Crippen LogP contribution is 2.22. The van der Waals surface area contributed by atoms with E-state index in [0.29, 0.717) is 0 Å². The highest BCUT2D eigenvalue weighted by atomic mass is 35.5. The summed E-state index contributed by atoms with van der Waals surface area (Å²) >= 11 is 6.08. The topological polar surface area (TPSA) is 71.1 Å². The zero-order valence-corrected chi connectivity index (χ0v) is 12.0. The minimum Gasteiger partial charge on any atom is -0.352 e. The first kappa shape index (κ1) is 13.8. The third kappa shape index (κ3) is 3.31. The highest BCUT2D eigenvalue weighted by Gasteiger charge is 2.23. The predicted molar refractivity (Wildman–Crippen MR) is 80.3 cm³/mol. The Morgan fingerprint density at radius 1 is 1.29 bits per heavy atom. The molecule has 1 aromatic heterocycles. The second-order valence-corrected chi connectivity index (χ2v) is 5.40. The average Bonchev–Trinajstić information content (AvgIpc) is 3.28. The van der Waals surface area contributed by atoms with Crippen LogP contribution in [-0.2, 0) is 4.79 Å². The van der Waals surface area contributed by atoms with Crippen LogP contribution in [0.5, 0.6) is 0 Å². The first-order chi connectivity index (χ1) is 10.1. The van der Waals surface area contributed by atoms with E-state index in [9.17, 15) is 9.59 Å². The van der Waals surface area contributed by atoms with Crippen molar-refractivity contribution in [1.29, 1.82) is 0 Å². The summed E-state index contributed by atoms with van der Waals surface area (Å²) in [5, 5.41) is 7.26. The van der Waals surface area contributed by atoms with Crippen molar-refractivity contribution in [3.8, 4) is 0 Å². The third-order valence-corrected chi connectivity index (χ3v) is 3.57. The molecule has 1 heterocycles. The lowest BCUT2D eigenvalue weighted by Crippen LogP contribution is -2.38. The van der Waals surface area contributed by atoms with E-state index in [1.807, 2.05) is 24.3 Å². The fourth-order valence-electron chi connectivity index (χ4n) is 2.03. The van der Waals surface area contributed by atoms with Crippen LogP contribution in [0.15, 0.2) is 30.3 Å². The molecule has 1 aliphatic rings. The Labute approximate surface area is 126 Å². The summed E-state index contributed by atoms with van der Waals surface area (Å²) in [5.41, 5.74) is 0.206. The molecule has 1 saturated carbocycles. The Morgan fingerprint density at radius 3 is 2.81 bits per heavy atom. The number of pyridine rings is 1.